The number of hydrogen-bond acceptors (Lipinski definition) is 4. The van der Waals surface area contributed by atoms with Crippen molar-refractivity contribution in [1.82, 2.24) is 0 Å². The van der Waals surface area contributed by atoms with Gasteiger partial charge >= 0.3 is 0 Å². The van der Waals surface area contributed by atoms with Crippen LogP contribution in [-0.4, -0.2) is 31.1 Å². The molecule has 0 aromatic heterocycles. The van der Waals surface area contributed by atoms with Crippen molar-refractivity contribution in [2.45, 2.75) is 20.4 Å². The predicted octanol–water partition coefficient (Wildman–Crippen LogP) is 3.00. The van der Waals surface area contributed by atoms with Gasteiger partial charge in [-0.3, -0.25) is 4.79 Å². The van der Waals surface area contributed by atoms with Crippen molar-refractivity contribution >= 4 is 11.9 Å². The van der Waals surface area contributed by atoms with E-state index in [1.807, 2.05) is 30.3 Å². The van der Waals surface area contributed by atoms with Crippen LogP contribution < -0.4 is 14.4 Å². The van der Waals surface area contributed by atoms with Gasteiger partial charge in [-0.1, -0.05) is 30.4 Å². The van der Waals surface area contributed by atoms with E-state index in [0.29, 0.717) is 23.4 Å². The van der Waals surface area contributed by atoms with Crippen molar-refractivity contribution in [1.29, 1.82) is 0 Å². The summed E-state index contributed by atoms with van der Waals surface area (Å²) in [6.45, 7) is 6.66. The van der Waals surface area contributed by atoms with E-state index >= 15 is 0 Å². The van der Waals surface area contributed by atoms with Crippen molar-refractivity contribution in [2.24, 2.45) is 0 Å². The molecule has 3 rings (SSSR count). The van der Waals surface area contributed by atoms with Crippen molar-refractivity contribution in [2.75, 3.05) is 20.2 Å². The summed E-state index contributed by atoms with van der Waals surface area (Å²) in [7, 11) is 1.62. The van der Waals surface area contributed by atoms with E-state index in [2.05, 4.69) is 13.8 Å². The summed E-state index contributed by atoms with van der Waals surface area (Å²) in [6.07, 6.45) is 5.29. The molecule has 2 aromatic rings. The molecule has 2 aromatic carbocycles. The SMILES string of the molecule is CC[NH+](CC)Cc1c(O)ccc2c1O/C(=C/C=C/c1ccccc1OC)C2=O. The van der Waals surface area contributed by atoms with Gasteiger partial charge in [0.15, 0.2) is 11.5 Å². The normalized spacial score (nSPS) is 14.7. The molecule has 0 atom stereocenters. The smallest absolute Gasteiger partial charge is 0.231 e. The van der Waals surface area contributed by atoms with Gasteiger partial charge in [0.1, 0.15) is 18.0 Å². The van der Waals surface area contributed by atoms with Gasteiger partial charge in [-0.15, -0.1) is 0 Å². The molecule has 0 amide bonds. The fourth-order valence-corrected chi connectivity index (χ4v) is 3.28. The van der Waals surface area contributed by atoms with Gasteiger partial charge in [0, 0.05) is 5.56 Å². The first-order valence-corrected chi connectivity index (χ1v) is 9.51. The second kappa shape index (κ2) is 8.76. The molecule has 1 aliphatic heterocycles. The van der Waals surface area contributed by atoms with Crippen LogP contribution in [0.1, 0.15) is 35.3 Å². The summed E-state index contributed by atoms with van der Waals surface area (Å²) in [5.41, 5.74) is 2.09. The number of hydrogen-bond donors (Lipinski definition) is 2. The van der Waals surface area contributed by atoms with Crippen LogP contribution in [0.4, 0.5) is 0 Å². The number of phenols is 1. The van der Waals surface area contributed by atoms with E-state index in [1.54, 1.807) is 31.4 Å². The Morgan fingerprint density at radius 3 is 2.61 bits per heavy atom. The first-order valence-electron chi connectivity index (χ1n) is 9.51. The maximum atomic E-state index is 12.7. The number of phenolic OH excluding ortho intramolecular Hbond substituents is 1. The van der Waals surface area contributed by atoms with E-state index in [4.69, 9.17) is 9.47 Å². The maximum Gasteiger partial charge on any atom is 0.231 e. The van der Waals surface area contributed by atoms with Crippen LogP contribution in [0.5, 0.6) is 17.2 Å². The van der Waals surface area contributed by atoms with Gasteiger partial charge in [0.2, 0.25) is 5.78 Å². The Kier molecular flexibility index (Phi) is 6.16. The monoisotopic (exact) mass is 380 g/mol. The molecule has 0 aliphatic carbocycles. The number of carbonyl (C=O) groups excluding carboxylic acids is 1. The number of fused-ring (bicyclic) bond motifs is 1. The Morgan fingerprint density at radius 2 is 1.89 bits per heavy atom. The number of para-hydroxylation sites is 1. The Bertz CT molecular complexity index is 926. The molecule has 5 nitrogen and oxygen atoms in total. The molecule has 0 radical (unpaired) electrons. The van der Waals surface area contributed by atoms with Gasteiger partial charge in [-0.25, -0.2) is 0 Å². The van der Waals surface area contributed by atoms with E-state index < -0.39 is 0 Å². The molecule has 0 unspecified atom stereocenters. The lowest BCUT2D eigenvalue weighted by molar-refractivity contribution is -0.910. The zero-order chi connectivity index (χ0) is 20.1. The van der Waals surface area contributed by atoms with Gasteiger partial charge in [0.05, 0.1) is 31.3 Å². The third-order valence-corrected chi connectivity index (χ3v) is 5.01. The van der Waals surface area contributed by atoms with Crippen LogP contribution in [0.15, 0.2) is 54.3 Å². The average Bonchev–Trinajstić information content (AvgIpc) is 3.03. The highest BCUT2D eigenvalue weighted by Gasteiger charge is 2.31. The first kappa shape index (κ1) is 19.7. The topological polar surface area (TPSA) is 60.2 Å². The molecule has 5 heteroatoms. The largest absolute Gasteiger partial charge is 0.507 e. The molecule has 0 saturated carbocycles. The van der Waals surface area contributed by atoms with Crippen LogP contribution in [0.2, 0.25) is 0 Å². The standard InChI is InChI=1S/C23H25NO4/c1-4-24(5-2)15-18-19(25)14-13-17-22(26)21(28-23(17)18)12-8-10-16-9-6-7-11-20(16)27-3/h6-14,25H,4-5,15H2,1-3H3/p+1/b10-8+,21-12+. The molecule has 1 aliphatic rings. The number of methoxy groups -OCH3 is 1. The number of allylic oxidation sites excluding steroid dienone is 3. The highest BCUT2D eigenvalue weighted by molar-refractivity contribution is 6.12. The van der Waals surface area contributed by atoms with Gasteiger partial charge in [0.25, 0.3) is 0 Å². The molecule has 146 valence electrons. The highest BCUT2D eigenvalue weighted by Crippen LogP contribution is 2.38. The number of carbonyl (C=O) groups is 1. The summed E-state index contributed by atoms with van der Waals surface area (Å²) in [6, 6.07) is 10.8. The molecular formula is C23H26NO4+. The van der Waals surface area contributed by atoms with Crippen molar-refractivity contribution in [3.8, 4) is 17.2 Å². The molecule has 2 N–H and O–H groups in total. The van der Waals surface area contributed by atoms with Crippen LogP contribution >= 0.6 is 0 Å². The average molecular weight is 380 g/mol. The fraction of sp³-hybridized carbons (Fsp3) is 0.261. The van der Waals surface area contributed by atoms with Crippen LogP contribution in [0.25, 0.3) is 6.08 Å². The van der Waals surface area contributed by atoms with E-state index in [0.717, 1.165) is 24.4 Å². The number of Topliss-reactive ketones (excluding diaryl/α,β-unsaturated/α-hetero) is 1. The number of nitrogens with one attached hydrogen (secondary N) is 1. The summed E-state index contributed by atoms with van der Waals surface area (Å²) >= 11 is 0. The number of benzene rings is 2. The Balaban J connectivity index is 1.87. The van der Waals surface area contributed by atoms with Crippen LogP contribution in [0, 0.1) is 0 Å². The summed E-state index contributed by atoms with van der Waals surface area (Å²) in [5.74, 6) is 1.48. The second-order valence-electron chi connectivity index (χ2n) is 6.64. The summed E-state index contributed by atoms with van der Waals surface area (Å²) in [4.78, 5) is 14.0. The number of ether oxygens (including phenoxy) is 2. The molecule has 0 fully saturated rings. The molecule has 0 bridgehead atoms. The van der Waals surface area contributed by atoms with Gasteiger partial charge < -0.3 is 19.5 Å². The Hall–Kier alpha value is -3.05. The zero-order valence-electron chi connectivity index (χ0n) is 16.5. The Labute approximate surface area is 165 Å². The van der Waals surface area contributed by atoms with Crippen LogP contribution in [0.3, 0.4) is 0 Å². The zero-order valence-corrected chi connectivity index (χ0v) is 16.5. The first-order chi connectivity index (χ1) is 13.6. The molecule has 28 heavy (non-hydrogen) atoms. The summed E-state index contributed by atoms with van der Waals surface area (Å²) in [5, 5.41) is 10.3. The van der Waals surface area contributed by atoms with Crippen molar-refractivity contribution < 1.29 is 24.3 Å². The number of ketones is 1. The number of rotatable bonds is 7. The second-order valence-corrected chi connectivity index (χ2v) is 6.64. The van der Waals surface area contributed by atoms with Crippen LogP contribution in [-0.2, 0) is 6.54 Å². The lowest BCUT2D eigenvalue weighted by Crippen LogP contribution is -3.10. The lowest BCUT2D eigenvalue weighted by atomic mass is 10.0. The van der Waals surface area contributed by atoms with E-state index in [1.165, 1.54) is 4.90 Å². The number of aromatic hydroxyl groups is 1. The third kappa shape index (κ3) is 3.94. The minimum atomic E-state index is -0.171. The molecule has 1 heterocycles. The summed E-state index contributed by atoms with van der Waals surface area (Å²) < 4.78 is 11.2. The minimum Gasteiger partial charge on any atom is -0.507 e. The molecule has 0 saturated heterocycles. The minimum absolute atomic E-state index is 0.164. The Morgan fingerprint density at radius 1 is 1.14 bits per heavy atom. The fourth-order valence-electron chi connectivity index (χ4n) is 3.28. The van der Waals surface area contributed by atoms with Gasteiger partial charge in [-0.05, 0) is 38.1 Å². The van der Waals surface area contributed by atoms with Crippen molar-refractivity contribution in [3.05, 3.63) is 71.0 Å². The molecular weight excluding hydrogens is 354 g/mol. The van der Waals surface area contributed by atoms with Crippen molar-refractivity contribution in [3.63, 3.8) is 0 Å². The molecule has 0 spiro atoms. The quantitative estimate of drug-likeness (QED) is 0.725. The maximum absolute atomic E-state index is 12.7. The third-order valence-electron chi connectivity index (χ3n) is 5.01. The lowest BCUT2D eigenvalue weighted by Gasteiger charge is -2.17. The highest BCUT2D eigenvalue weighted by atomic mass is 16.5. The van der Waals surface area contributed by atoms with E-state index in [-0.39, 0.29) is 17.3 Å². The number of quaternary nitrogens is 1. The van der Waals surface area contributed by atoms with E-state index in [9.17, 15) is 9.90 Å². The van der Waals surface area contributed by atoms with Gasteiger partial charge in [-0.2, -0.15) is 0 Å². The predicted molar refractivity (Wildman–Crippen MR) is 109 cm³/mol.